The minimum absolute atomic E-state index is 0.0111. The summed E-state index contributed by atoms with van der Waals surface area (Å²) in [7, 11) is 0. The number of aromatic nitrogens is 2. The van der Waals surface area contributed by atoms with Crippen molar-refractivity contribution in [1.29, 1.82) is 0 Å². The Kier molecular flexibility index (Phi) is 3.38. The lowest BCUT2D eigenvalue weighted by Gasteiger charge is -2.25. The van der Waals surface area contributed by atoms with Crippen LogP contribution in [0.15, 0.2) is 12.4 Å². The number of nitrogens with one attached hydrogen (secondary N) is 2. The fourth-order valence-electron chi connectivity index (χ4n) is 2.86. The van der Waals surface area contributed by atoms with E-state index >= 15 is 0 Å². The van der Waals surface area contributed by atoms with E-state index < -0.39 is 11.6 Å². The van der Waals surface area contributed by atoms with E-state index in [2.05, 4.69) is 15.6 Å². The summed E-state index contributed by atoms with van der Waals surface area (Å²) in [4.78, 5) is 41.1. The fourth-order valence-corrected chi connectivity index (χ4v) is 2.86. The number of fused-ring (bicyclic) bond motifs is 1. The summed E-state index contributed by atoms with van der Waals surface area (Å²) < 4.78 is 2.01. The molecule has 2 N–H and O–H groups in total. The molecule has 3 rings (SSSR count). The second kappa shape index (κ2) is 5.11. The zero-order chi connectivity index (χ0) is 15.9. The monoisotopic (exact) mass is 305 g/mol. The quantitative estimate of drug-likeness (QED) is 0.746. The van der Waals surface area contributed by atoms with Gasteiger partial charge in [-0.05, 0) is 20.3 Å². The Morgan fingerprint density at radius 3 is 2.95 bits per heavy atom. The summed E-state index contributed by atoms with van der Waals surface area (Å²) in [6, 6.07) is -0.534. The van der Waals surface area contributed by atoms with E-state index in [0.717, 1.165) is 23.6 Å². The first-order valence-corrected chi connectivity index (χ1v) is 7.30. The van der Waals surface area contributed by atoms with Gasteiger partial charge in [-0.1, -0.05) is 0 Å². The molecule has 2 aliphatic rings. The Bertz CT molecular complexity index is 636. The molecule has 1 saturated heterocycles. The standard InChI is InChI=1S/C14H19N5O3/c1-14(2)12(21)19(13(22)17-14)8-11(20)16-9-3-4-10-15-5-6-18(10)7-9/h5-6,9H,3-4,7-8H2,1-2H3,(H,16,20)(H,17,22)/t9-/m0/s1. The molecule has 8 heteroatoms. The number of carbonyl (C=O) groups is 3. The van der Waals surface area contributed by atoms with E-state index in [0.29, 0.717) is 6.54 Å². The Morgan fingerprint density at radius 1 is 1.50 bits per heavy atom. The van der Waals surface area contributed by atoms with Gasteiger partial charge in [-0.2, -0.15) is 0 Å². The number of hydrogen-bond acceptors (Lipinski definition) is 4. The maximum Gasteiger partial charge on any atom is 0.325 e. The summed E-state index contributed by atoms with van der Waals surface area (Å²) >= 11 is 0. The van der Waals surface area contributed by atoms with Crippen LogP contribution >= 0.6 is 0 Å². The summed E-state index contributed by atoms with van der Waals surface area (Å²) in [5, 5.41) is 5.44. The Hall–Kier alpha value is -2.38. The molecule has 0 unspecified atom stereocenters. The number of urea groups is 1. The minimum atomic E-state index is -0.950. The molecule has 0 spiro atoms. The highest BCUT2D eigenvalue weighted by Crippen LogP contribution is 2.16. The van der Waals surface area contributed by atoms with E-state index in [1.54, 1.807) is 20.0 Å². The fraction of sp³-hybridized carbons (Fsp3) is 0.571. The van der Waals surface area contributed by atoms with Crippen LogP contribution in [-0.4, -0.2) is 50.4 Å². The number of amides is 4. The van der Waals surface area contributed by atoms with E-state index in [4.69, 9.17) is 0 Å². The lowest BCUT2D eigenvalue weighted by Crippen LogP contribution is -2.47. The average Bonchev–Trinajstić information content (AvgIpc) is 2.97. The van der Waals surface area contributed by atoms with Gasteiger partial charge in [0.1, 0.15) is 17.9 Å². The molecular formula is C14H19N5O3. The van der Waals surface area contributed by atoms with Crippen LogP contribution in [0.5, 0.6) is 0 Å². The highest BCUT2D eigenvalue weighted by molar-refractivity contribution is 6.08. The third-order valence-electron chi connectivity index (χ3n) is 4.05. The van der Waals surface area contributed by atoms with Crippen molar-refractivity contribution in [3.63, 3.8) is 0 Å². The van der Waals surface area contributed by atoms with Crippen LogP contribution in [0.1, 0.15) is 26.1 Å². The summed E-state index contributed by atoms with van der Waals surface area (Å²) in [5.74, 6) is 0.310. The predicted molar refractivity (Wildman–Crippen MR) is 76.8 cm³/mol. The first-order chi connectivity index (χ1) is 10.4. The Morgan fingerprint density at radius 2 is 2.27 bits per heavy atom. The average molecular weight is 305 g/mol. The highest BCUT2D eigenvalue weighted by Gasteiger charge is 2.44. The van der Waals surface area contributed by atoms with Gasteiger partial charge >= 0.3 is 6.03 Å². The van der Waals surface area contributed by atoms with Crippen LogP contribution in [0.3, 0.4) is 0 Å². The molecule has 0 radical (unpaired) electrons. The number of imidazole rings is 1. The maximum absolute atomic E-state index is 12.1. The number of aryl methyl sites for hydroxylation is 1. The molecule has 118 valence electrons. The molecule has 8 nitrogen and oxygen atoms in total. The summed E-state index contributed by atoms with van der Waals surface area (Å²) in [6.45, 7) is 3.65. The smallest absolute Gasteiger partial charge is 0.325 e. The molecule has 0 bridgehead atoms. The van der Waals surface area contributed by atoms with E-state index in [-0.39, 0.29) is 24.4 Å². The number of carbonyl (C=O) groups excluding carboxylic acids is 3. The van der Waals surface area contributed by atoms with Crippen molar-refractivity contribution in [2.45, 2.75) is 44.8 Å². The molecule has 1 aromatic rings. The van der Waals surface area contributed by atoms with Crippen molar-refractivity contribution in [2.24, 2.45) is 0 Å². The van der Waals surface area contributed by atoms with Gasteiger partial charge in [0.2, 0.25) is 5.91 Å². The van der Waals surface area contributed by atoms with Gasteiger partial charge in [0, 0.05) is 31.4 Å². The molecule has 1 fully saturated rings. The first-order valence-electron chi connectivity index (χ1n) is 7.30. The second-order valence-corrected chi connectivity index (χ2v) is 6.25. The Balaban J connectivity index is 1.58. The van der Waals surface area contributed by atoms with Crippen LogP contribution in [-0.2, 0) is 22.6 Å². The van der Waals surface area contributed by atoms with Crippen molar-refractivity contribution in [2.75, 3.05) is 6.54 Å². The van der Waals surface area contributed by atoms with Crippen LogP contribution in [0.4, 0.5) is 4.79 Å². The van der Waals surface area contributed by atoms with Crippen molar-refractivity contribution in [1.82, 2.24) is 25.1 Å². The number of imide groups is 1. The van der Waals surface area contributed by atoms with Crippen molar-refractivity contribution < 1.29 is 14.4 Å². The molecule has 4 amide bonds. The zero-order valence-electron chi connectivity index (χ0n) is 12.6. The molecule has 0 saturated carbocycles. The molecule has 2 aliphatic heterocycles. The molecule has 1 aromatic heterocycles. The van der Waals surface area contributed by atoms with Crippen LogP contribution in [0, 0.1) is 0 Å². The van der Waals surface area contributed by atoms with Crippen LogP contribution in [0.25, 0.3) is 0 Å². The third-order valence-corrected chi connectivity index (χ3v) is 4.05. The van der Waals surface area contributed by atoms with Crippen molar-refractivity contribution in [3.05, 3.63) is 18.2 Å². The van der Waals surface area contributed by atoms with E-state index in [9.17, 15) is 14.4 Å². The maximum atomic E-state index is 12.1. The molecule has 1 atom stereocenters. The SMILES string of the molecule is CC1(C)NC(=O)N(CC(=O)N[C@H]2CCc3nccn3C2)C1=O. The van der Waals surface area contributed by atoms with Gasteiger partial charge in [0.05, 0.1) is 0 Å². The third kappa shape index (κ3) is 2.56. The van der Waals surface area contributed by atoms with Gasteiger partial charge in [-0.15, -0.1) is 0 Å². The van der Waals surface area contributed by atoms with Gasteiger partial charge in [0.15, 0.2) is 0 Å². The second-order valence-electron chi connectivity index (χ2n) is 6.25. The van der Waals surface area contributed by atoms with Crippen molar-refractivity contribution >= 4 is 17.8 Å². The van der Waals surface area contributed by atoms with Crippen LogP contribution < -0.4 is 10.6 Å². The lowest BCUT2D eigenvalue weighted by atomic mass is 10.1. The lowest BCUT2D eigenvalue weighted by molar-refractivity contribution is -0.134. The van der Waals surface area contributed by atoms with Crippen LogP contribution in [0.2, 0.25) is 0 Å². The number of rotatable bonds is 3. The molecule has 0 aromatic carbocycles. The molecule has 22 heavy (non-hydrogen) atoms. The van der Waals surface area contributed by atoms with E-state index in [1.165, 1.54) is 0 Å². The highest BCUT2D eigenvalue weighted by atomic mass is 16.2. The topological polar surface area (TPSA) is 96.3 Å². The summed E-state index contributed by atoms with van der Waals surface area (Å²) in [6.07, 6.45) is 5.23. The van der Waals surface area contributed by atoms with Gasteiger partial charge in [-0.3, -0.25) is 14.5 Å². The van der Waals surface area contributed by atoms with Gasteiger partial charge in [0.25, 0.3) is 5.91 Å². The molecule has 0 aliphatic carbocycles. The van der Waals surface area contributed by atoms with Crippen molar-refractivity contribution in [3.8, 4) is 0 Å². The predicted octanol–water partition coefficient (Wildman–Crippen LogP) is -0.355. The summed E-state index contributed by atoms with van der Waals surface area (Å²) in [5.41, 5.74) is -0.950. The first kappa shape index (κ1) is 14.6. The number of hydrogen-bond donors (Lipinski definition) is 2. The molecular weight excluding hydrogens is 286 g/mol. The van der Waals surface area contributed by atoms with Gasteiger partial charge < -0.3 is 15.2 Å². The Labute approximate surface area is 127 Å². The van der Waals surface area contributed by atoms with Gasteiger partial charge in [-0.25, -0.2) is 9.78 Å². The minimum Gasteiger partial charge on any atom is -0.350 e. The van der Waals surface area contributed by atoms with E-state index in [1.807, 2.05) is 10.8 Å². The zero-order valence-corrected chi connectivity index (χ0v) is 12.6. The number of nitrogens with zero attached hydrogens (tertiary/aromatic N) is 3. The normalized spacial score (nSPS) is 23.2. The largest absolute Gasteiger partial charge is 0.350 e. The molecule has 3 heterocycles.